The van der Waals surface area contributed by atoms with Gasteiger partial charge in [0, 0.05) is 18.0 Å². The maximum absolute atomic E-state index is 11.8. The Morgan fingerprint density at radius 3 is 2.64 bits per heavy atom. The Balaban J connectivity index is 2.08. The molecule has 25 heavy (non-hydrogen) atoms. The number of nitrogens with zero attached hydrogens (tertiary/aromatic N) is 3. The molecule has 2 N–H and O–H groups in total. The zero-order valence-corrected chi connectivity index (χ0v) is 15.4. The molecule has 0 bridgehead atoms. The van der Waals surface area contributed by atoms with Gasteiger partial charge in [0.15, 0.2) is 0 Å². The Morgan fingerprint density at radius 1 is 1.40 bits per heavy atom. The summed E-state index contributed by atoms with van der Waals surface area (Å²) in [5.41, 5.74) is 2.52. The van der Waals surface area contributed by atoms with E-state index in [1.165, 1.54) is 6.20 Å². The molecule has 0 saturated heterocycles. The van der Waals surface area contributed by atoms with E-state index >= 15 is 0 Å². The van der Waals surface area contributed by atoms with E-state index in [1.807, 2.05) is 11.6 Å². The third kappa shape index (κ3) is 4.60. The van der Waals surface area contributed by atoms with E-state index in [9.17, 15) is 4.79 Å². The number of carbonyl (C=O) groups is 1. The van der Waals surface area contributed by atoms with Crippen LogP contribution in [0.5, 0.6) is 0 Å². The summed E-state index contributed by atoms with van der Waals surface area (Å²) in [5, 5.41) is 10.6. The van der Waals surface area contributed by atoms with E-state index in [2.05, 4.69) is 60.5 Å². The first-order chi connectivity index (χ1) is 11.7. The third-order valence-corrected chi connectivity index (χ3v) is 3.83. The number of rotatable bonds is 5. The first-order valence-electron chi connectivity index (χ1n) is 8.23. The molecule has 0 aliphatic rings. The third-order valence-electron chi connectivity index (χ3n) is 3.83. The Kier molecular flexibility index (Phi) is 5.48. The van der Waals surface area contributed by atoms with Crippen molar-refractivity contribution in [3.8, 4) is 12.3 Å². The van der Waals surface area contributed by atoms with E-state index in [4.69, 9.17) is 6.42 Å². The number of hydrogen-bond donors (Lipinski definition) is 2. The van der Waals surface area contributed by atoms with Gasteiger partial charge in [-0.25, -0.2) is 4.98 Å². The maximum Gasteiger partial charge on any atom is 0.253 e. The predicted molar refractivity (Wildman–Crippen MR) is 99.4 cm³/mol. The van der Waals surface area contributed by atoms with Gasteiger partial charge in [-0.15, -0.1) is 6.42 Å². The number of terminal acetylenes is 1. The minimum Gasteiger partial charge on any atom is -0.363 e. The van der Waals surface area contributed by atoms with Gasteiger partial charge in [-0.05, 0) is 46.8 Å². The molecule has 0 aliphatic carbocycles. The summed E-state index contributed by atoms with van der Waals surface area (Å²) in [5.74, 6) is 2.84. The summed E-state index contributed by atoms with van der Waals surface area (Å²) in [6.07, 6.45) is 8.73. The van der Waals surface area contributed by atoms with Crippen LogP contribution in [0.15, 0.2) is 24.5 Å². The molecule has 6 nitrogen and oxygen atoms in total. The fraction of sp³-hybridized carbons (Fsp3) is 0.421. The van der Waals surface area contributed by atoms with Gasteiger partial charge in [-0.3, -0.25) is 9.48 Å². The molecule has 1 atom stereocenters. The second kappa shape index (κ2) is 7.39. The van der Waals surface area contributed by atoms with Crippen molar-refractivity contribution < 1.29 is 4.79 Å². The minimum absolute atomic E-state index is 0.0460. The molecule has 0 aliphatic heterocycles. The normalized spacial score (nSPS) is 12.3. The Morgan fingerprint density at radius 2 is 2.12 bits per heavy atom. The van der Waals surface area contributed by atoms with Crippen LogP contribution in [0, 0.1) is 19.3 Å². The highest BCUT2D eigenvalue weighted by molar-refractivity contribution is 5.94. The van der Waals surface area contributed by atoms with Crippen molar-refractivity contribution in [2.24, 2.45) is 0 Å². The van der Waals surface area contributed by atoms with Crippen LogP contribution in [0.25, 0.3) is 0 Å². The number of pyridine rings is 1. The summed E-state index contributed by atoms with van der Waals surface area (Å²) < 4.78 is 1.97. The molecule has 2 aromatic rings. The fourth-order valence-corrected chi connectivity index (χ4v) is 2.39. The highest BCUT2D eigenvalue weighted by Crippen LogP contribution is 2.23. The van der Waals surface area contributed by atoms with Gasteiger partial charge in [0.1, 0.15) is 5.82 Å². The van der Waals surface area contributed by atoms with Crippen LogP contribution >= 0.6 is 0 Å². The van der Waals surface area contributed by atoms with Gasteiger partial charge in [0.2, 0.25) is 0 Å². The molecule has 2 aromatic heterocycles. The van der Waals surface area contributed by atoms with Crippen molar-refractivity contribution in [3.05, 3.63) is 41.3 Å². The number of anilines is 1. The molecule has 0 spiro atoms. The van der Waals surface area contributed by atoms with Gasteiger partial charge < -0.3 is 10.6 Å². The monoisotopic (exact) mass is 339 g/mol. The van der Waals surface area contributed by atoms with Crippen LogP contribution in [0.1, 0.15) is 55.4 Å². The smallest absolute Gasteiger partial charge is 0.253 e. The lowest BCUT2D eigenvalue weighted by atomic mass is 10.1. The summed E-state index contributed by atoms with van der Waals surface area (Å²) >= 11 is 0. The fourth-order valence-electron chi connectivity index (χ4n) is 2.39. The number of aromatic nitrogens is 3. The van der Waals surface area contributed by atoms with E-state index in [-0.39, 0.29) is 24.0 Å². The van der Waals surface area contributed by atoms with Crippen molar-refractivity contribution in [2.45, 2.75) is 46.2 Å². The summed E-state index contributed by atoms with van der Waals surface area (Å²) in [6.45, 7) is 10.6. The lowest BCUT2D eigenvalue weighted by Crippen LogP contribution is -2.23. The van der Waals surface area contributed by atoms with Crippen LogP contribution in [0.4, 0.5) is 5.82 Å². The molecule has 0 aromatic carbocycles. The van der Waals surface area contributed by atoms with Crippen molar-refractivity contribution in [1.29, 1.82) is 0 Å². The number of hydrogen-bond acceptors (Lipinski definition) is 4. The minimum atomic E-state index is -0.229. The van der Waals surface area contributed by atoms with Crippen LogP contribution in [0.2, 0.25) is 0 Å². The zero-order valence-electron chi connectivity index (χ0n) is 15.4. The molecule has 2 rings (SSSR count). The molecule has 6 heteroatoms. The number of amides is 1. The van der Waals surface area contributed by atoms with Crippen LogP contribution in [-0.2, 0) is 5.54 Å². The summed E-state index contributed by atoms with van der Waals surface area (Å²) in [7, 11) is 0. The van der Waals surface area contributed by atoms with E-state index < -0.39 is 0 Å². The lowest BCUT2D eigenvalue weighted by molar-refractivity contribution is 0.0958. The second-order valence-electron chi connectivity index (χ2n) is 6.97. The maximum atomic E-state index is 11.8. The molecule has 0 fully saturated rings. The Bertz CT molecular complexity index is 778. The second-order valence-corrected chi connectivity index (χ2v) is 6.97. The lowest BCUT2D eigenvalue weighted by Gasteiger charge is -2.19. The average molecular weight is 339 g/mol. The SMILES string of the molecule is C#CCNC(=O)c1ccc(NC(C)c2cn(C(C)(C)C)nc2C)nc1. The van der Waals surface area contributed by atoms with Crippen LogP contribution < -0.4 is 10.6 Å². The van der Waals surface area contributed by atoms with Crippen LogP contribution in [-0.4, -0.2) is 27.2 Å². The number of carbonyl (C=O) groups excluding carboxylic acids is 1. The Labute approximate surface area is 149 Å². The van der Waals surface area contributed by atoms with Crippen LogP contribution in [0.3, 0.4) is 0 Å². The van der Waals surface area contributed by atoms with Gasteiger partial charge in [-0.1, -0.05) is 5.92 Å². The summed E-state index contributed by atoms with van der Waals surface area (Å²) in [6, 6.07) is 3.55. The molecule has 1 unspecified atom stereocenters. The van der Waals surface area contributed by atoms with Gasteiger partial charge >= 0.3 is 0 Å². The quantitative estimate of drug-likeness (QED) is 0.822. The standard InChI is InChI=1S/C19H25N5O/c1-7-10-20-18(25)15-8-9-17(21-11-15)22-13(2)16-12-24(19(4,5)6)23-14(16)3/h1,8-9,11-13H,10H2,2-6H3,(H,20,25)(H,21,22). The van der Waals surface area contributed by atoms with E-state index in [0.717, 1.165) is 11.3 Å². The zero-order chi connectivity index (χ0) is 18.6. The molecule has 132 valence electrons. The first kappa shape index (κ1) is 18.5. The molecule has 1 amide bonds. The van der Waals surface area contributed by atoms with E-state index in [1.54, 1.807) is 12.1 Å². The number of aryl methyl sites for hydroxylation is 1. The van der Waals surface area contributed by atoms with Crippen molar-refractivity contribution in [2.75, 3.05) is 11.9 Å². The predicted octanol–water partition coefficient (Wildman–Crippen LogP) is 2.88. The largest absolute Gasteiger partial charge is 0.363 e. The molecular weight excluding hydrogens is 314 g/mol. The molecule has 2 heterocycles. The Hall–Kier alpha value is -2.81. The first-order valence-corrected chi connectivity index (χ1v) is 8.23. The molecular formula is C19H25N5O. The summed E-state index contributed by atoms with van der Waals surface area (Å²) in [4.78, 5) is 16.1. The van der Waals surface area contributed by atoms with Crippen molar-refractivity contribution in [1.82, 2.24) is 20.1 Å². The van der Waals surface area contributed by atoms with Gasteiger partial charge in [-0.2, -0.15) is 5.10 Å². The number of nitrogens with one attached hydrogen (secondary N) is 2. The highest BCUT2D eigenvalue weighted by Gasteiger charge is 2.19. The van der Waals surface area contributed by atoms with Crippen molar-refractivity contribution in [3.63, 3.8) is 0 Å². The molecule has 0 radical (unpaired) electrons. The van der Waals surface area contributed by atoms with Crippen molar-refractivity contribution >= 4 is 11.7 Å². The van der Waals surface area contributed by atoms with E-state index in [0.29, 0.717) is 11.4 Å². The van der Waals surface area contributed by atoms with Gasteiger partial charge in [0.05, 0.1) is 29.4 Å². The molecule has 0 saturated carbocycles. The van der Waals surface area contributed by atoms with Gasteiger partial charge in [0.25, 0.3) is 5.91 Å². The average Bonchev–Trinajstić information content (AvgIpc) is 2.95. The topological polar surface area (TPSA) is 71.8 Å². The highest BCUT2D eigenvalue weighted by atomic mass is 16.1.